The molecule has 0 aliphatic heterocycles. The van der Waals surface area contributed by atoms with Crippen molar-refractivity contribution < 1.29 is 0 Å². The average molecular weight is 293 g/mol. The summed E-state index contributed by atoms with van der Waals surface area (Å²) in [6.45, 7) is 0.789. The van der Waals surface area contributed by atoms with Crippen LogP contribution in [-0.4, -0.2) is 11.5 Å². The van der Waals surface area contributed by atoms with Crippen molar-refractivity contribution in [3.8, 4) is 0 Å². The summed E-state index contributed by atoms with van der Waals surface area (Å²) in [5, 5.41) is 2.01. The van der Waals surface area contributed by atoms with Crippen molar-refractivity contribution in [1.29, 1.82) is 0 Å². The quantitative estimate of drug-likeness (QED) is 0.941. The highest BCUT2D eigenvalue weighted by Gasteiger charge is 2.21. The van der Waals surface area contributed by atoms with E-state index in [1.165, 1.54) is 22.0 Å². The number of fused-ring (bicyclic) bond motifs is 1. The number of aryl methyl sites for hydroxylation is 1. The average Bonchev–Trinajstić information content (AvgIpc) is 2.82. The lowest BCUT2D eigenvalue weighted by Crippen LogP contribution is -2.21. The monoisotopic (exact) mass is 292 g/mol. The summed E-state index contributed by atoms with van der Waals surface area (Å²) in [4.78, 5) is 6.21. The third-order valence-electron chi connectivity index (χ3n) is 3.72. The molecule has 19 heavy (non-hydrogen) atoms. The second-order valence-corrected chi connectivity index (χ2v) is 6.67. The highest BCUT2D eigenvalue weighted by Crippen LogP contribution is 2.31. The van der Waals surface area contributed by atoms with Crippen molar-refractivity contribution in [2.75, 3.05) is 6.54 Å². The van der Waals surface area contributed by atoms with Crippen molar-refractivity contribution in [2.24, 2.45) is 11.7 Å². The zero-order chi connectivity index (χ0) is 13.2. The Bertz CT molecular complexity index is 579. The molecule has 2 aromatic rings. The SMILES string of the molecule is NCC1CCc2nc(Cc3ccccc3Cl)sc2C1. The van der Waals surface area contributed by atoms with Crippen molar-refractivity contribution >= 4 is 22.9 Å². The molecule has 1 atom stereocenters. The Hall–Kier alpha value is -0.900. The molecule has 0 saturated heterocycles. The first kappa shape index (κ1) is 13.1. The van der Waals surface area contributed by atoms with Gasteiger partial charge in [-0.25, -0.2) is 4.98 Å². The molecule has 2 nitrogen and oxygen atoms in total. The largest absolute Gasteiger partial charge is 0.330 e. The molecule has 1 aromatic carbocycles. The van der Waals surface area contributed by atoms with E-state index in [1.807, 2.05) is 29.5 Å². The lowest BCUT2D eigenvalue weighted by Gasteiger charge is -2.18. The first-order valence-corrected chi connectivity index (χ1v) is 7.86. The van der Waals surface area contributed by atoms with E-state index in [0.717, 1.165) is 36.4 Å². The fourth-order valence-electron chi connectivity index (χ4n) is 2.58. The van der Waals surface area contributed by atoms with Gasteiger partial charge >= 0.3 is 0 Å². The maximum Gasteiger partial charge on any atom is 0.0975 e. The topological polar surface area (TPSA) is 38.9 Å². The van der Waals surface area contributed by atoms with E-state index in [2.05, 4.69) is 6.07 Å². The lowest BCUT2D eigenvalue weighted by molar-refractivity contribution is 0.469. The van der Waals surface area contributed by atoms with E-state index >= 15 is 0 Å². The number of hydrogen-bond acceptors (Lipinski definition) is 3. The Morgan fingerprint density at radius 2 is 2.21 bits per heavy atom. The predicted molar refractivity (Wildman–Crippen MR) is 80.9 cm³/mol. The smallest absolute Gasteiger partial charge is 0.0975 e. The molecule has 0 amide bonds. The standard InChI is InChI=1S/C15H17ClN2S/c16-12-4-2-1-3-11(12)8-15-18-13-6-5-10(9-17)7-14(13)19-15/h1-4,10H,5-9,17H2. The van der Waals surface area contributed by atoms with Crippen LogP contribution in [0.25, 0.3) is 0 Å². The van der Waals surface area contributed by atoms with Crippen molar-refractivity contribution in [2.45, 2.75) is 25.7 Å². The number of nitrogens with two attached hydrogens (primary N) is 1. The van der Waals surface area contributed by atoms with Crippen LogP contribution in [0.5, 0.6) is 0 Å². The molecule has 2 N–H and O–H groups in total. The summed E-state index contributed by atoms with van der Waals surface area (Å²) in [6, 6.07) is 8.00. The molecule has 1 heterocycles. The van der Waals surface area contributed by atoms with Gasteiger partial charge in [0.05, 0.1) is 10.7 Å². The second kappa shape index (κ2) is 5.61. The zero-order valence-corrected chi connectivity index (χ0v) is 12.3. The van der Waals surface area contributed by atoms with E-state index in [9.17, 15) is 0 Å². The number of halogens is 1. The van der Waals surface area contributed by atoms with Gasteiger partial charge in [0.15, 0.2) is 0 Å². The van der Waals surface area contributed by atoms with Crippen molar-refractivity contribution in [3.05, 3.63) is 50.4 Å². The number of benzene rings is 1. The summed E-state index contributed by atoms with van der Waals surface area (Å²) in [6.07, 6.45) is 4.20. The molecule has 0 bridgehead atoms. The minimum atomic E-state index is 0.640. The Morgan fingerprint density at radius 1 is 1.37 bits per heavy atom. The Morgan fingerprint density at radius 3 is 3.00 bits per heavy atom. The molecule has 0 radical (unpaired) electrons. The van der Waals surface area contributed by atoms with Crippen LogP contribution in [0, 0.1) is 5.92 Å². The Kier molecular flexibility index (Phi) is 3.87. The van der Waals surface area contributed by atoms with Crippen LogP contribution in [0.4, 0.5) is 0 Å². The van der Waals surface area contributed by atoms with Gasteiger partial charge in [0.25, 0.3) is 0 Å². The van der Waals surface area contributed by atoms with Gasteiger partial charge in [0, 0.05) is 16.3 Å². The molecule has 1 aliphatic rings. The van der Waals surface area contributed by atoms with E-state index in [-0.39, 0.29) is 0 Å². The van der Waals surface area contributed by atoms with E-state index < -0.39 is 0 Å². The molecule has 0 saturated carbocycles. The zero-order valence-electron chi connectivity index (χ0n) is 10.7. The van der Waals surface area contributed by atoms with Gasteiger partial charge in [-0.05, 0) is 43.4 Å². The molecule has 4 heteroatoms. The van der Waals surface area contributed by atoms with Gasteiger partial charge in [-0.3, -0.25) is 0 Å². The minimum Gasteiger partial charge on any atom is -0.330 e. The maximum absolute atomic E-state index is 6.21. The molecule has 1 aromatic heterocycles. The number of thiazole rings is 1. The normalized spacial score (nSPS) is 18.3. The minimum absolute atomic E-state index is 0.640. The highest BCUT2D eigenvalue weighted by molar-refractivity contribution is 7.11. The molecule has 1 unspecified atom stereocenters. The molecule has 0 fully saturated rings. The second-order valence-electron chi connectivity index (χ2n) is 5.09. The van der Waals surface area contributed by atoms with E-state index in [4.69, 9.17) is 22.3 Å². The maximum atomic E-state index is 6.21. The molecular weight excluding hydrogens is 276 g/mol. The number of rotatable bonds is 3. The Balaban J connectivity index is 1.80. The van der Waals surface area contributed by atoms with Crippen LogP contribution in [0.15, 0.2) is 24.3 Å². The summed E-state index contributed by atoms with van der Waals surface area (Å²) < 4.78 is 0. The van der Waals surface area contributed by atoms with Gasteiger partial charge < -0.3 is 5.73 Å². The number of nitrogens with zero attached hydrogens (tertiary/aromatic N) is 1. The van der Waals surface area contributed by atoms with Crippen molar-refractivity contribution in [3.63, 3.8) is 0 Å². The van der Waals surface area contributed by atoms with E-state index in [1.54, 1.807) is 0 Å². The lowest BCUT2D eigenvalue weighted by atomic mass is 9.91. The van der Waals surface area contributed by atoms with Gasteiger partial charge in [-0.15, -0.1) is 11.3 Å². The number of hydrogen-bond donors (Lipinski definition) is 1. The molecular formula is C15H17ClN2S. The van der Waals surface area contributed by atoms with Gasteiger partial charge in [-0.2, -0.15) is 0 Å². The first-order chi connectivity index (χ1) is 9.26. The van der Waals surface area contributed by atoms with E-state index in [0.29, 0.717) is 5.92 Å². The van der Waals surface area contributed by atoms with Crippen LogP contribution in [0.2, 0.25) is 5.02 Å². The molecule has 100 valence electrons. The van der Waals surface area contributed by atoms with Crippen LogP contribution < -0.4 is 5.73 Å². The third kappa shape index (κ3) is 2.83. The summed E-state index contributed by atoms with van der Waals surface area (Å²) in [5.74, 6) is 0.640. The van der Waals surface area contributed by atoms with Crippen LogP contribution >= 0.6 is 22.9 Å². The van der Waals surface area contributed by atoms with Gasteiger partial charge in [0.1, 0.15) is 0 Å². The first-order valence-electron chi connectivity index (χ1n) is 6.67. The van der Waals surface area contributed by atoms with Gasteiger partial charge in [0.2, 0.25) is 0 Å². The van der Waals surface area contributed by atoms with Crippen molar-refractivity contribution in [1.82, 2.24) is 4.98 Å². The summed E-state index contributed by atoms with van der Waals surface area (Å²) >= 11 is 8.04. The third-order valence-corrected chi connectivity index (χ3v) is 5.21. The summed E-state index contributed by atoms with van der Waals surface area (Å²) in [5.41, 5.74) is 8.22. The number of aromatic nitrogens is 1. The fraction of sp³-hybridized carbons (Fsp3) is 0.400. The Labute approximate surface area is 122 Å². The molecule has 0 spiro atoms. The highest BCUT2D eigenvalue weighted by atomic mass is 35.5. The van der Waals surface area contributed by atoms with Crippen LogP contribution in [0.3, 0.4) is 0 Å². The molecule has 1 aliphatic carbocycles. The predicted octanol–water partition coefficient (Wildman–Crippen LogP) is 3.45. The van der Waals surface area contributed by atoms with Crippen LogP contribution in [0.1, 0.15) is 27.6 Å². The molecule has 3 rings (SSSR count). The van der Waals surface area contributed by atoms with Crippen LogP contribution in [-0.2, 0) is 19.3 Å². The fourth-order valence-corrected chi connectivity index (χ4v) is 4.03. The summed E-state index contributed by atoms with van der Waals surface area (Å²) in [7, 11) is 0. The van der Waals surface area contributed by atoms with Gasteiger partial charge in [-0.1, -0.05) is 29.8 Å².